The highest BCUT2D eigenvalue weighted by atomic mass is 16.4. The predicted molar refractivity (Wildman–Crippen MR) is 92.8 cm³/mol. The van der Waals surface area contributed by atoms with Crippen LogP contribution in [0.25, 0.3) is 0 Å². The van der Waals surface area contributed by atoms with Crippen molar-refractivity contribution in [3.63, 3.8) is 0 Å². The summed E-state index contributed by atoms with van der Waals surface area (Å²) in [5, 5.41) is 20.5. The van der Waals surface area contributed by atoms with Gasteiger partial charge in [0.2, 0.25) is 0 Å². The Kier molecular flexibility index (Phi) is 2.64. The van der Waals surface area contributed by atoms with Crippen LogP contribution >= 0.6 is 0 Å². The number of rotatable bonds is 2. The van der Waals surface area contributed by atoms with Gasteiger partial charge < -0.3 is 10.2 Å². The van der Waals surface area contributed by atoms with E-state index in [1.807, 2.05) is 0 Å². The molecule has 5 nitrogen and oxygen atoms in total. The Hall–Kier alpha value is -2.95. The molecule has 0 saturated heterocycles. The second kappa shape index (κ2) is 5.53. The van der Waals surface area contributed by atoms with Crippen molar-refractivity contribution in [3.05, 3.63) is 70.8 Å². The average molecular weight is 354 g/mol. The smallest absolute Gasteiger partial charge is 0.317 e. The van der Waals surface area contributed by atoms with Gasteiger partial charge in [-0.2, -0.15) is 0 Å². The molecule has 26 heavy (non-hydrogen) atoms. The summed E-state index contributed by atoms with van der Waals surface area (Å²) in [6.07, 6.45) is -6.89. The van der Waals surface area contributed by atoms with Gasteiger partial charge in [-0.05, 0) is 47.8 Å². The van der Waals surface area contributed by atoms with Gasteiger partial charge in [0, 0.05) is 5.48 Å². The minimum Gasteiger partial charge on any atom is -0.480 e. The summed E-state index contributed by atoms with van der Waals surface area (Å²) < 4.78 is 35.1. The van der Waals surface area contributed by atoms with E-state index in [1.54, 1.807) is 12.1 Å². The second-order valence-electron chi connectivity index (χ2n) is 6.67. The molecule has 2 aliphatic rings. The third-order valence-electron chi connectivity index (χ3n) is 5.16. The number of hydrogen-bond acceptors (Lipinski definition) is 3. The van der Waals surface area contributed by atoms with Crippen LogP contribution in [0.1, 0.15) is 27.7 Å². The van der Waals surface area contributed by atoms with Gasteiger partial charge in [0.05, 0.1) is 0 Å². The average Bonchev–Trinajstić information content (AvgIpc) is 2.83. The maximum atomic E-state index is 13.9. The van der Waals surface area contributed by atoms with Crippen molar-refractivity contribution in [2.45, 2.75) is 25.6 Å². The molecule has 2 unspecified atom stereocenters. The molecular weight excluding hydrogens is 332 g/mol. The molecule has 0 heterocycles. The van der Waals surface area contributed by atoms with Gasteiger partial charge in [-0.3, -0.25) is 14.4 Å². The molecule has 2 aromatic rings. The van der Waals surface area contributed by atoms with Crippen molar-refractivity contribution in [1.29, 1.82) is 0 Å². The fourth-order valence-electron chi connectivity index (χ4n) is 3.81. The summed E-state index contributed by atoms with van der Waals surface area (Å²) in [4.78, 5) is 39.2. The van der Waals surface area contributed by atoms with Crippen LogP contribution in [0.2, 0.25) is 0 Å². The maximum Gasteiger partial charge on any atom is 0.317 e. The minimum absolute atomic E-state index is 0.315. The van der Waals surface area contributed by atoms with Gasteiger partial charge >= 0.3 is 11.9 Å². The van der Waals surface area contributed by atoms with Crippen molar-refractivity contribution in [2.75, 3.05) is 0 Å². The molecule has 0 aromatic heterocycles. The lowest BCUT2D eigenvalue weighted by Gasteiger charge is -2.32. The van der Waals surface area contributed by atoms with E-state index in [0.717, 1.165) is 0 Å². The van der Waals surface area contributed by atoms with Crippen LogP contribution < -0.4 is 0 Å². The maximum absolute atomic E-state index is 13.9. The standard InChI is InChI=1S/C21H18O5/c22-17-20(18(23)24)9-13-5-1-2-6-14(13)10-21(17,19(25)26)12-16-8-4-3-7-15(16)11-20/h1-8H,9-12H2,(H,23,24)(H,25,26)/i9D2,10D2. The highest BCUT2D eigenvalue weighted by Gasteiger charge is 2.61. The number of fused-ring (bicyclic) bond motifs is 4. The first kappa shape index (κ1) is 12.4. The van der Waals surface area contributed by atoms with Crippen LogP contribution in [0, 0.1) is 10.8 Å². The van der Waals surface area contributed by atoms with E-state index in [2.05, 4.69) is 0 Å². The summed E-state index contributed by atoms with van der Waals surface area (Å²) in [5.41, 5.74) is -5.66. The number of carbonyl (C=O) groups is 3. The summed E-state index contributed by atoms with van der Waals surface area (Å²) in [5.74, 6) is -5.09. The Balaban J connectivity index is 2.27. The van der Waals surface area contributed by atoms with E-state index in [1.165, 1.54) is 36.4 Å². The number of carboxylic acid groups (broad SMARTS) is 2. The number of benzene rings is 2. The number of Topliss-reactive ketones (excluding diaryl/α,β-unsaturated/α-hetero) is 1. The molecule has 2 N–H and O–H groups in total. The number of carboxylic acids is 2. The molecule has 2 bridgehead atoms. The fourth-order valence-corrected chi connectivity index (χ4v) is 3.81. The third-order valence-corrected chi connectivity index (χ3v) is 5.16. The molecule has 132 valence electrons. The van der Waals surface area contributed by atoms with Crippen molar-refractivity contribution in [2.24, 2.45) is 10.8 Å². The van der Waals surface area contributed by atoms with Crippen LogP contribution in [-0.2, 0) is 40.0 Å². The molecule has 0 aliphatic heterocycles. The molecule has 0 amide bonds. The second-order valence-corrected chi connectivity index (χ2v) is 6.67. The molecule has 0 spiro atoms. The lowest BCUT2D eigenvalue weighted by Crippen LogP contribution is -2.53. The molecule has 2 aliphatic carbocycles. The lowest BCUT2D eigenvalue weighted by atomic mass is 9.66. The Bertz CT molecular complexity index is 1030. The van der Waals surface area contributed by atoms with Crippen LogP contribution in [0.3, 0.4) is 0 Å². The quantitative estimate of drug-likeness (QED) is 0.808. The van der Waals surface area contributed by atoms with E-state index in [-0.39, 0.29) is 11.1 Å². The number of aliphatic carboxylic acids is 2. The minimum atomic E-state index is -2.87. The third kappa shape index (κ3) is 2.13. The topological polar surface area (TPSA) is 91.7 Å². The van der Waals surface area contributed by atoms with E-state index < -0.39 is 54.1 Å². The molecule has 0 saturated carbocycles. The lowest BCUT2D eigenvalue weighted by molar-refractivity contribution is -0.165. The van der Waals surface area contributed by atoms with E-state index in [9.17, 15) is 24.6 Å². The highest BCUT2D eigenvalue weighted by molar-refractivity contribution is 6.15. The molecular formula is C21H18O5. The zero-order valence-electron chi connectivity index (χ0n) is 17.7. The van der Waals surface area contributed by atoms with Gasteiger partial charge in [0.1, 0.15) is 10.8 Å². The molecule has 4 rings (SSSR count). The van der Waals surface area contributed by atoms with Crippen molar-refractivity contribution < 1.29 is 30.1 Å². The van der Waals surface area contributed by atoms with Gasteiger partial charge in [0.15, 0.2) is 5.78 Å². The zero-order valence-corrected chi connectivity index (χ0v) is 13.7. The van der Waals surface area contributed by atoms with Crippen LogP contribution in [-0.4, -0.2) is 27.9 Å². The fraction of sp³-hybridized carbons (Fsp3) is 0.286. The first-order chi connectivity index (χ1) is 13.9. The highest BCUT2D eigenvalue weighted by Crippen LogP contribution is 2.48. The number of ketones is 1. The molecule has 2 aromatic carbocycles. The first-order valence-electron chi connectivity index (χ1n) is 10.1. The molecule has 0 fully saturated rings. The Morgan fingerprint density at radius 3 is 1.46 bits per heavy atom. The van der Waals surface area contributed by atoms with Crippen molar-refractivity contribution >= 4 is 17.7 Å². The largest absolute Gasteiger partial charge is 0.480 e. The normalized spacial score (nSPS) is 33.0. The van der Waals surface area contributed by atoms with E-state index >= 15 is 0 Å². The van der Waals surface area contributed by atoms with Gasteiger partial charge in [-0.1, -0.05) is 48.5 Å². The van der Waals surface area contributed by atoms with Crippen molar-refractivity contribution in [1.82, 2.24) is 0 Å². The van der Waals surface area contributed by atoms with E-state index in [0.29, 0.717) is 11.1 Å². The summed E-state index contributed by atoms with van der Waals surface area (Å²) in [6.45, 7) is 0. The SMILES string of the molecule is [2H]C1([2H])c2ccccc2C([2H])([2H])C2(C(=O)O)Cc3ccccc3CC1(C(=O)O)C2=O. The molecule has 0 radical (unpaired) electrons. The van der Waals surface area contributed by atoms with E-state index in [4.69, 9.17) is 5.48 Å². The first-order valence-corrected chi connectivity index (χ1v) is 8.13. The van der Waals surface area contributed by atoms with Crippen LogP contribution in [0.5, 0.6) is 0 Å². The zero-order chi connectivity index (χ0) is 22.1. The molecule has 5 heteroatoms. The van der Waals surface area contributed by atoms with Crippen molar-refractivity contribution in [3.8, 4) is 0 Å². The van der Waals surface area contributed by atoms with Crippen LogP contribution in [0.4, 0.5) is 0 Å². The van der Waals surface area contributed by atoms with Gasteiger partial charge in [-0.25, -0.2) is 0 Å². The Morgan fingerprint density at radius 2 is 1.12 bits per heavy atom. The number of hydrogen-bond donors (Lipinski definition) is 2. The monoisotopic (exact) mass is 354 g/mol. The Morgan fingerprint density at radius 1 is 0.769 bits per heavy atom. The summed E-state index contributed by atoms with van der Waals surface area (Å²) >= 11 is 0. The van der Waals surface area contributed by atoms with Gasteiger partial charge in [-0.15, -0.1) is 0 Å². The summed E-state index contributed by atoms with van der Waals surface area (Å²) in [6, 6.07) is 11.5. The number of carbonyl (C=O) groups excluding carboxylic acids is 1. The predicted octanol–water partition coefficient (Wildman–Crippen LogP) is 2.30. The Labute approximate surface area is 155 Å². The van der Waals surface area contributed by atoms with Gasteiger partial charge in [0.25, 0.3) is 0 Å². The van der Waals surface area contributed by atoms with Crippen LogP contribution in [0.15, 0.2) is 48.5 Å². The molecule has 2 atom stereocenters. The summed E-state index contributed by atoms with van der Waals surface area (Å²) in [7, 11) is 0.